The molecule has 0 bridgehead atoms. The molecular weight excluding hydrogens is 452 g/mol. The molecule has 2 aromatic carbocycles. The van der Waals surface area contributed by atoms with Crippen LogP contribution in [0.5, 0.6) is 5.75 Å². The second-order valence-electron chi connectivity index (χ2n) is 8.97. The molecule has 1 amide bonds. The van der Waals surface area contributed by atoms with Gasteiger partial charge in [0.15, 0.2) is 17.4 Å². The van der Waals surface area contributed by atoms with Gasteiger partial charge in [0.25, 0.3) is 6.26 Å². The predicted octanol–water partition coefficient (Wildman–Crippen LogP) is 6.16. The molecule has 1 aliphatic rings. The van der Waals surface area contributed by atoms with Crippen molar-refractivity contribution in [3.63, 3.8) is 0 Å². The number of carbonyl (C=O) groups is 1. The maximum absolute atomic E-state index is 11.1. The van der Waals surface area contributed by atoms with Crippen molar-refractivity contribution in [3.8, 4) is 23.3 Å². The monoisotopic (exact) mass is 488 g/mol. The number of hydrogen-bond acceptors (Lipinski definition) is 6. The lowest BCUT2D eigenvalue weighted by Gasteiger charge is -2.24. The van der Waals surface area contributed by atoms with E-state index in [-0.39, 0.29) is 5.91 Å². The van der Waals surface area contributed by atoms with Crippen molar-refractivity contribution < 1.29 is 13.9 Å². The third-order valence-electron chi connectivity index (χ3n) is 6.26. The Kier molecular flexibility index (Phi) is 9.93. The zero-order chi connectivity index (χ0) is 25.9. The fourth-order valence-electron chi connectivity index (χ4n) is 4.48. The van der Waals surface area contributed by atoms with Crippen molar-refractivity contribution in [1.82, 2.24) is 9.88 Å². The first-order chi connectivity index (χ1) is 17.5. The highest BCUT2D eigenvalue weighted by molar-refractivity contribution is 5.73. The number of nitrogens with zero attached hydrogens (tertiary/aromatic N) is 4. The van der Waals surface area contributed by atoms with Gasteiger partial charge in [-0.3, -0.25) is 4.79 Å². The molecule has 1 aromatic heterocycles. The quantitative estimate of drug-likeness (QED) is 0.353. The molecule has 1 aliphatic heterocycles. The summed E-state index contributed by atoms with van der Waals surface area (Å²) in [6, 6.07) is 16.3. The molecule has 4 rings (SSSR count). The third kappa shape index (κ3) is 7.11. The molecule has 2 heterocycles. The summed E-state index contributed by atoms with van der Waals surface area (Å²) in [5.74, 6) is 2.42. The Labute approximate surface area is 214 Å². The molecule has 36 heavy (non-hydrogen) atoms. The van der Waals surface area contributed by atoms with Crippen molar-refractivity contribution in [1.29, 1.82) is 5.26 Å². The number of hydrogen-bond donors (Lipinski definition) is 0. The fraction of sp³-hybridized carbons (Fsp3) is 0.414. The first-order valence-electron chi connectivity index (χ1n) is 12.6. The Morgan fingerprint density at radius 1 is 1.19 bits per heavy atom. The highest BCUT2D eigenvalue weighted by Gasteiger charge is 2.24. The van der Waals surface area contributed by atoms with Gasteiger partial charge < -0.3 is 19.0 Å². The van der Waals surface area contributed by atoms with E-state index in [0.717, 1.165) is 56.7 Å². The molecule has 7 nitrogen and oxygen atoms in total. The number of likely N-dealkylation sites (tertiary alicyclic amines) is 1. The van der Waals surface area contributed by atoms with E-state index in [1.165, 1.54) is 5.56 Å². The smallest absolute Gasteiger partial charge is 0.292 e. The minimum atomic E-state index is 0.198. The Morgan fingerprint density at radius 3 is 2.47 bits per heavy atom. The van der Waals surface area contributed by atoms with Gasteiger partial charge in [0.2, 0.25) is 5.91 Å². The molecule has 0 saturated carbocycles. The summed E-state index contributed by atoms with van der Waals surface area (Å²) in [6.07, 6.45) is 6.63. The Balaban J connectivity index is 0.000000221. The van der Waals surface area contributed by atoms with Crippen LogP contribution in [0, 0.1) is 18.4 Å². The molecule has 0 radical (unpaired) electrons. The highest BCUT2D eigenvalue weighted by atomic mass is 16.5. The number of anilines is 1. The van der Waals surface area contributed by atoms with Crippen LogP contribution < -0.4 is 9.64 Å². The van der Waals surface area contributed by atoms with Crippen molar-refractivity contribution >= 4 is 11.6 Å². The van der Waals surface area contributed by atoms with E-state index in [4.69, 9.17) is 14.4 Å². The molecule has 1 saturated heterocycles. The van der Waals surface area contributed by atoms with Crippen molar-refractivity contribution in [2.75, 3.05) is 31.1 Å². The second kappa shape index (κ2) is 13.3. The first kappa shape index (κ1) is 26.8. The van der Waals surface area contributed by atoms with Crippen LogP contribution in [-0.4, -0.2) is 42.0 Å². The second-order valence-corrected chi connectivity index (χ2v) is 8.97. The van der Waals surface area contributed by atoms with Crippen LogP contribution in [0.1, 0.15) is 57.4 Å². The van der Waals surface area contributed by atoms with Gasteiger partial charge in [-0.05, 0) is 37.0 Å². The molecule has 0 aliphatic carbocycles. The number of rotatable bonds is 8. The topological polar surface area (TPSA) is 82.6 Å². The normalized spacial score (nSPS) is 14.5. The van der Waals surface area contributed by atoms with Crippen LogP contribution >= 0.6 is 0 Å². The fourth-order valence-corrected chi connectivity index (χ4v) is 4.48. The van der Waals surface area contributed by atoms with E-state index >= 15 is 0 Å². The van der Waals surface area contributed by atoms with Crippen LogP contribution in [0.2, 0.25) is 0 Å². The van der Waals surface area contributed by atoms with Crippen LogP contribution in [0.15, 0.2) is 59.1 Å². The largest absolute Gasteiger partial charge is 0.441 e. The van der Waals surface area contributed by atoms with Gasteiger partial charge in [-0.2, -0.15) is 0 Å². The number of oxazole rings is 1. The molecule has 3 aromatic rings. The average molecular weight is 489 g/mol. The molecule has 190 valence electrons. The molecule has 7 heteroatoms. The average Bonchev–Trinajstić information content (AvgIpc) is 3.55. The number of carbonyl (C=O) groups excluding carboxylic acids is 1. The van der Waals surface area contributed by atoms with E-state index < -0.39 is 0 Å². The van der Waals surface area contributed by atoms with Gasteiger partial charge in [-0.1, -0.05) is 44.2 Å². The number of aryl methyl sites for hydroxylation is 1. The minimum absolute atomic E-state index is 0.198. The molecule has 1 fully saturated rings. The summed E-state index contributed by atoms with van der Waals surface area (Å²) >= 11 is 0. The van der Waals surface area contributed by atoms with Crippen LogP contribution in [-0.2, 0) is 4.79 Å². The van der Waals surface area contributed by atoms with Gasteiger partial charge in [-0.15, -0.1) is 5.26 Å². The maximum Gasteiger partial charge on any atom is 0.292 e. The number of aromatic nitrogens is 1. The first-order valence-corrected chi connectivity index (χ1v) is 12.6. The number of nitriles is 1. The van der Waals surface area contributed by atoms with E-state index in [1.807, 2.05) is 29.2 Å². The Hall–Kier alpha value is -3.79. The summed E-state index contributed by atoms with van der Waals surface area (Å²) in [5.41, 5.74) is 3.14. The van der Waals surface area contributed by atoms with E-state index in [0.29, 0.717) is 23.3 Å². The van der Waals surface area contributed by atoms with Crippen molar-refractivity contribution in [2.24, 2.45) is 0 Å². The lowest BCUT2D eigenvalue weighted by atomic mass is 9.99. The van der Waals surface area contributed by atoms with Gasteiger partial charge in [0.05, 0.1) is 11.8 Å². The SMILES string of the molecule is CC(=O)N1CCC(c2ccccc2)C1.CCCN(CCC)c1ccc(-c2cnc(C)o2)c(OC#N)c1. The summed E-state index contributed by atoms with van der Waals surface area (Å²) in [6.45, 7) is 11.5. The minimum Gasteiger partial charge on any atom is -0.441 e. The standard InChI is InChI=1S/C17H21N3O2.C12H15NO/c1-4-8-20(9-5-2)14-6-7-15(16(10-14)21-12-18)17-11-19-13(3)22-17;1-10(14)13-8-7-12(9-13)11-5-3-2-4-6-11/h6-7,10-11H,4-5,8-9H2,1-3H3;2-6,12H,7-9H2,1H3. The van der Waals surface area contributed by atoms with Crippen LogP contribution in [0.4, 0.5) is 5.69 Å². The number of amides is 1. The summed E-state index contributed by atoms with van der Waals surface area (Å²) < 4.78 is 10.7. The highest BCUT2D eigenvalue weighted by Crippen LogP contribution is 2.34. The van der Waals surface area contributed by atoms with Gasteiger partial charge in [0, 0.05) is 57.7 Å². The predicted molar refractivity (Wildman–Crippen MR) is 142 cm³/mol. The molecular formula is C29H36N4O3. The molecule has 0 N–H and O–H groups in total. The van der Waals surface area contributed by atoms with E-state index in [9.17, 15) is 4.79 Å². The number of benzene rings is 2. The van der Waals surface area contributed by atoms with E-state index in [1.54, 1.807) is 26.3 Å². The van der Waals surface area contributed by atoms with Crippen LogP contribution in [0.3, 0.4) is 0 Å². The summed E-state index contributed by atoms with van der Waals surface area (Å²) in [4.78, 5) is 19.5. The van der Waals surface area contributed by atoms with Gasteiger partial charge in [-0.25, -0.2) is 4.98 Å². The van der Waals surface area contributed by atoms with E-state index in [2.05, 4.69) is 48.0 Å². The summed E-state index contributed by atoms with van der Waals surface area (Å²) in [5, 5.41) is 8.90. The van der Waals surface area contributed by atoms with Gasteiger partial charge >= 0.3 is 0 Å². The lowest BCUT2D eigenvalue weighted by Crippen LogP contribution is -2.25. The number of ether oxygens (including phenoxy) is 1. The third-order valence-corrected chi connectivity index (χ3v) is 6.26. The zero-order valence-electron chi connectivity index (χ0n) is 21.7. The van der Waals surface area contributed by atoms with Crippen LogP contribution in [0.25, 0.3) is 11.3 Å². The Morgan fingerprint density at radius 2 is 1.92 bits per heavy atom. The maximum atomic E-state index is 11.1. The molecule has 1 unspecified atom stereocenters. The van der Waals surface area contributed by atoms with Gasteiger partial charge in [0.1, 0.15) is 0 Å². The zero-order valence-corrected chi connectivity index (χ0v) is 21.7. The van der Waals surface area contributed by atoms with Crippen molar-refractivity contribution in [3.05, 3.63) is 66.2 Å². The molecule has 1 atom stereocenters. The van der Waals surface area contributed by atoms with Crippen molar-refractivity contribution in [2.45, 2.75) is 52.9 Å². The lowest BCUT2D eigenvalue weighted by molar-refractivity contribution is -0.127. The molecule has 0 spiro atoms. The summed E-state index contributed by atoms with van der Waals surface area (Å²) in [7, 11) is 0. The Bertz CT molecular complexity index is 1150.